The van der Waals surface area contributed by atoms with E-state index in [4.69, 9.17) is 23.2 Å². The van der Waals surface area contributed by atoms with Crippen molar-refractivity contribution in [2.45, 2.75) is 26.4 Å². The number of hydrogen-bond acceptors (Lipinski definition) is 2. The fourth-order valence-corrected chi connectivity index (χ4v) is 2.65. The van der Waals surface area contributed by atoms with Crippen LogP contribution in [0.1, 0.15) is 31.3 Å². The van der Waals surface area contributed by atoms with Crippen LogP contribution in [0.25, 0.3) is 0 Å². The number of nitrogens with zero attached hydrogens (tertiary/aromatic N) is 2. The lowest BCUT2D eigenvalue weighted by Gasteiger charge is -2.20. The molecular formula is C14H17Cl2N3. The quantitative estimate of drug-likeness (QED) is 0.907. The predicted molar refractivity (Wildman–Crippen MR) is 79.9 cm³/mol. The Morgan fingerprint density at radius 3 is 2.74 bits per heavy atom. The maximum Gasteiger partial charge on any atom is 0.130 e. The Kier molecular flexibility index (Phi) is 4.86. The molecule has 0 spiro atoms. The topological polar surface area (TPSA) is 29.9 Å². The van der Waals surface area contributed by atoms with Gasteiger partial charge >= 0.3 is 0 Å². The van der Waals surface area contributed by atoms with E-state index >= 15 is 0 Å². The summed E-state index contributed by atoms with van der Waals surface area (Å²) in [6.07, 6.45) is 3.79. The Bertz CT molecular complexity index is 551. The summed E-state index contributed by atoms with van der Waals surface area (Å²) >= 11 is 12.3. The Morgan fingerprint density at radius 1 is 1.32 bits per heavy atom. The lowest BCUT2D eigenvalue weighted by Crippen LogP contribution is -2.25. The summed E-state index contributed by atoms with van der Waals surface area (Å²) in [7, 11) is 0. The van der Waals surface area contributed by atoms with Crippen molar-refractivity contribution in [1.29, 1.82) is 0 Å². The van der Waals surface area contributed by atoms with Crippen molar-refractivity contribution in [1.82, 2.24) is 14.9 Å². The zero-order chi connectivity index (χ0) is 13.8. The van der Waals surface area contributed by atoms with Crippen molar-refractivity contribution in [2.24, 2.45) is 0 Å². The van der Waals surface area contributed by atoms with Crippen LogP contribution >= 0.6 is 23.2 Å². The van der Waals surface area contributed by atoms with Gasteiger partial charge in [0.15, 0.2) is 0 Å². The molecule has 0 bridgehead atoms. The van der Waals surface area contributed by atoms with Crippen molar-refractivity contribution >= 4 is 23.2 Å². The van der Waals surface area contributed by atoms with Gasteiger partial charge in [0.1, 0.15) is 5.82 Å². The van der Waals surface area contributed by atoms with Crippen LogP contribution in [-0.4, -0.2) is 16.1 Å². The molecule has 2 rings (SSSR count). The highest BCUT2D eigenvalue weighted by Crippen LogP contribution is 2.29. The van der Waals surface area contributed by atoms with Gasteiger partial charge in [-0.15, -0.1) is 0 Å². The van der Waals surface area contributed by atoms with Gasteiger partial charge in [0.05, 0.1) is 6.04 Å². The van der Waals surface area contributed by atoms with Crippen LogP contribution in [-0.2, 0) is 6.54 Å². The summed E-state index contributed by atoms with van der Waals surface area (Å²) in [5.74, 6) is 0.966. The highest BCUT2D eigenvalue weighted by molar-refractivity contribution is 6.35. The van der Waals surface area contributed by atoms with E-state index in [1.807, 2.05) is 24.5 Å². The van der Waals surface area contributed by atoms with Gasteiger partial charge in [-0.05, 0) is 31.2 Å². The average Bonchev–Trinajstić information content (AvgIpc) is 2.85. The minimum atomic E-state index is -0.0234. The van der Waals surface area contributed by atoms with Crippen LogP contribution in [0.3, 0.4) is 0 Å². The molecule has 1 aromatic heterocycles. The molecule has 1 atom stereocenters. The van der Waals surface area contributed by atoms with Crippen molar-refractivity contribution in [3.63, 3.8) is 0 Å². The van der Waals surface area contributed by atoms with E-state index in [0.717, 1.165) is 24.5 Å². The SMILES string of the molecule is CCNC(c1ccc(Cl)cc1Cl)c1nccn1CC. The molecule has 5 heteroatoms. The van der Waals surface area contributed by atoms with Gasteiger partial charge in [-0.2, -0.15) is 0 Å². The van der Waals surface area contributed by atoms with Crippen LogP contribution in [0, 0.1) is 0 Å². The van der Waals surface area contributed by atoms with Gasteiger partial charge in [-0.1, -0.05) is 36.2 Å². The Labute approximate surface area is 123 Å². The van der Waals surface area contributed by atoms with Crippen molar-refractivity contribution in [3.8, 4) is 0 Å². The van der Waals surface area contributed by atoms with Crippen LogP contribution in [0.5, 0.6) is 0 Å². The molecule has 0 aliphatic carbocycles. The summed E-state index contributed by atoms with van der Waals surface area (Å²) in [6, 6.07) is 5.55. The summed E-state index contributed by atoms with van der Waals surface area (Å²) < 4.78 is 2.11. The number of aromatic nitrogens is 2. The standard InChI is InChI=1S/C14H17Cl2N3/c1-3-17-13(14-18-7-8-19(14)4-2)11-6-5-10(15)9-12(11)16/h5-9,13,17H,3-4H2,1-2H3. The number of benzene rings is 1. The Hall–Kier alpha value is -1.03. The number of aryl methyl sites for hydroxylation is 1. The molecular weight excluding hydrogens is 281 g/mol. The Morgan fingerprint density at radius 2 is 2.11 bits per heavy atom. The molecule has 0 aliphatic rings. The van der Waals surface area contributed by atoms with E-state index in [2.05, 4.69) is 28.7 Å². The van der Waals surface area contributed by atoms with E-state index < -0.39 is 0 Å². The molecule has 0 amide bonds. The number of halogens is 2. The zero-order valence-corrected chi connectivity index (χ0v) is 12.5. The molecule has 0 aliphatic heterocycles. The molecule has 1 aromatic carbocycles. The molecule has 102 valence electrons. The molecule has 1 heterocycles. The van der Waals surface area contributed by atoms with Crippen molar-refractivity contribution in [3.05, 3.63) is 52.0 Å². The fourth-order valence-electron chi connectivity index (χ4n) is 2.13. The summed E-state index contributed by atoms with van der Waals surface area (Å²) in [6.45, 7) is 5.87. The predicted octanol–water partition coefficient (Wildman–Crippen LogP) is 3.91. The number of hydrogen-bond donors (Lipinski definition) is 1. The highest BCUT2D eigenvalue weighted by Gasteiger charge is 2.20. The molecule has 1 N–H and O–H groups in total. The third-order valence-electron chi connectivity index (χ3n) is 3.03. The van der Waals surface area contributed by atoms with Gasteiger partial charge in [0, 0.05) is 29.0 Å². The van der Waals surface area contributed by atoms with Gasteiger partial charge in [-0.25, -0.2) is 4.98 Å². The maximum atomic E-state index is 6.31. The molecule has 0 radical (unpaired) electrons. The lowest BCUT2D eigenvalue weighted by atomic mass is 10.1. The zero-order valence-electron chi connectivity index (χ0n) is 11.0. The van der Waals surface area contributed by atoms with Crippen molar-refractivity contribution in [2.75, 3.05) is 6.54 Å². The molecule has 1 unspecified atom stereocenters. The van der Waals surface area contributed by atoms with Gasteiger partial charge in [0.25, 0.3) is 0 Å². The first-order chi connectivity index (χ1) is 9.17. The third-order valence-corrected chi connectivity index (χ3v) is 3.59. The fraction of sp³-hybridized carbons (Fsp3) is 0.357. The maximum absolute atomic E-state index is 6.31. The first kappa shape index (κ1) is 14.4. The van der Waals surface area contributed by atoms with Crippen LogP contribution in [0.15, 0.2) is 30.6 Å². The summed E-state index contributed by atoms with van der Waals surface area (Å²) in [5, 5.41) is 4.72. The normalized spacial score (nSPS) is 12.6. The molecule has 0 saturated carbocycles. The first-order valence-electron chi connectivity index (χ1n) is 6.36. The Balaban J connectivity index is 2.45. The first-order valence-corrected chi connectivity index (χ1v) is 7.12. The van der Waals surface area contributed by atoms with E-state index in [1.165, 1.54) is 0 Å². The van der Waals surface area contributed by atoms with Crippen LogP contribution in [0.4, 0.5) is 0 Å². The van der Waals surface area contributed by atoms with E-state index in [9.17, 15) is 0 Å². The summed E-state index contributed by atoms with van der Waals surface area (Å²) in [5.41, 5.74) is 0.994. The lowest BCUT2D eigenvalue weighted by molar-refractivity contribution is 0.559. The molecule has 2 aromatic rings. The minimum Gasteiger partial charge on any atom is -0.334 e. The van der Waals surface area contributed by atoms with Crippen LogP contribution in [0.2, 0.25) is 10.0 Å². The highest BCUT2D eigenvalue weighted by atomic mass is 35.5. The molecule has 0 fully saturated rings. The molecule has 0 saturated heterocycles. The second-order valence-electron chi connectivity index (χ2n) is 4.23. The minimum absolute atomic E-state index is 0.0234. The van der Waals surface area contributed by atoms with E-state index in [0.29, 0.717) is 10.0 Å². The number of nitrogens with one attached hydrogen (secondary N) is 1. The van der Waals surface area contributed by atoms with Crippen molar-refractivity contribution < 1.29 is 0 Å². The second-order valence-corrected chi connectivity index (χ2v) is 5.07. The van der Waals surface area contributed by atoms with Gasteiger partial charge in [0.2, 0.25) is 0 Å². The average molecular weight is 298 g/mol. The third kappa shape index (κ3) is 3.11. The molecule has 3 nitrogen and oxygen atoms in total. The van der Waals surface area contributed by atoms with E-state index in [-0.39, 0.29) is 6.04 Å². The number of imidazole rings is 1. The van der Waals surface area contributed by atoms with E-state index in [1.54, 1.807) is 6.07 Å². The molecule has 19 heavy (non-hydrogen) atoms. The largest absolute Gasteiger partial charge is 0.334 e. The summed E-state index contributed by atoms with van der Waals surface area (Å²) in [4.78, 5) is 4.45. The number of rotatable bonds is 5. The van der Waals surface area contributed by atoms with Gasteiger partial charge in [-0.3, -0.25) is 0 Å². The second kappa shape index (κ2) is 6.42. The van der Waals surface area contributed by atoms with Crippen LogP contribution < -0.4 is 5.32 Å². The monoisotopic (exact) mass is 297 g/mol. The smallest absolute Gasteiger partial charge is 0.130 e. The van der Waals surface area contributed by atoms with Gasteiger partial charge < -0.3 is 9.88 Å².